The zero-order valence-electron chi connectivity index (χ0n) is 22.6. The molecule has 2 fully saturated rings. The highest BCUT2D eigenvalue weighted by Crippen LogP contribution is 2.51. The summed E-state index contributed by atoms with van der Waals surface area (Å²) in [5, 5.41) is 27.7. The summed E-state index contributed by atoms with van der Waals surface area (Å²) in [6.45, 7) is 4.26. The number of ketones is 4. The Morgan fingerprint density at radius 1 is 1.20 bits per heavy atom. The number of carbonyl (C=O) groups is 6. The van der Waals surface area contributed by atoms with E-state index in [9.17, 15) is 39.0 Å². The lowest BCUT2D eigenvalue weighted by Crippen LogP contribution is -2.74. The van der Waals surface area contributed by atoms with E-state index in [1.54, 1.807) is 0 Å². The number of Topliss-reactive ketones (excluding diaryl/α,β-unsaturated/α-hetero) is 4. The number of amides is 2. The molecule has 2 unspecified atom stereocenters. The Morgan fingerprint density at radius 2 is 1.85 bits per heavy atom. The number of nitrogens with zero attached hydrogens (tertiary/aromatic N) is 1. The number of likely N-dealkylation sites (N-methyl/N-ethyl adjacent to an activating group) is 1. The van der Waals surface area contributed by atoms with Crippen LogP contribution in [0.25, 0.3) is 0 Å². The molecular weight excluding hydrogens is 527 g/mol. The van der Waals surface area contributed by atoms with E-state index in [2.05, 4.69) is 10.6 Å². The van der Waals surface area contributed by atoms with Gasteiger partial charge in [-0.1, -0.05) is 13.8 Å². The molecule has 1 aromatic rings. The number of nitrogens with two attached hydrogens (primary N) is 1. The molecule has 0 spiro atoms. The van der Waals surface area contributed by atoms with E-state index in [0.29, 0.717) is 6.54 Å². The van der Waals surface area contributed by atoms with E-state index < -0.39 is 87.4 Å². The number of anilines is 1. The van der Waals surface area contributed by atoms with Crippen LogP contribution in [-0.4, -0.2) is 88.9 Å². The molecule has 6 N–H and O–H groups in total. The number of benzene rings is 1. The highest BCUT2D eigenvalue weighted by Gasteiger charge is 2.69. The largest absolute Gasteiger partial charge is 0.505 e. The molecule has 0 bridgehead atoms. The van der Waals surface area contributed by atoms with Gasteiger partial charge in [0.1, 0.15) is 11.6 Å². The fourth-order valence-corrected chi connectivity index (χ4v) is 6.39. The van der Waals surface area contributed by atoms with Crippen LogP contribution in [-0.2, 0) is 30.4 Å². The first-order valence-electron chi connectivity index (χ1n) is 13.0. The summed E-state index contributed by atoms with van der Waals surface area (Å²) in [5.41, 5.74) is 1.34. The molecule has 216 valence electrons. The number of carbonyl (C=O) groups excluding carboxylic acids is 6. The lowest BCUT2D eigenvalue weighted by atomic mass is 9.52. The molecule has 12 nitrogen and oxygen atoms in total. The zero-order chi connectivity index (χ0) is 29.8. The molecule has 6 atom stereocenters. The van der Waals surface area contributed by atoms with Crippen molar-refractivity contribution in [1.82, 2.24) is 10.2 Å². The van der Waals surface area contributed by atoms with Gasteiger partial charge >= 0.3 is 0 Å². The van der Waals surface area contributed by atoms with Crippen LogP contribution >= 0.6 is 0 Å². The molecule has 0 aromatic heterocycles. The minimum atomic E-state index is -2.88. The number of hydrogen-bond acceptors (Lipinski definition) is 10. The van der Waals surface area contributed by atoms with Crippen LogP contribution in [0.5, 0.6) is 5.75 Å². The molecule has 4 rings (SSSR count). The molecule has 0 aliphatic heterocycles. The highest BCUT2D eigenvalue weighted by molar-refractivity contribution is 6.32. The zero-order valence-corrected chi connectivity index (χ0v) is 22.6. The summed E-state index contributed by atoms with van der Waals surface area (Å²) in [4.78, 5) is 79.6. The van der Waals surface area contributed by atoms with Gasteiger partial charge in [-0.2, -0.15) is 0 Å². The Labute approximate surface area is 229 Å². The summed E-state index contributed by atoms with van der Waals surface area (Å²) < 4.78 is 15.3. The van der Waals surface area contributed by atoms with Crippen molar-refractivity contribution in [2.75, 3.05) is 32.5 Å². The molecule has 0 radical (unpaired) electrons. The summed E-state index contributed by atoms with van der Waals surface area (Å²) in [6, 6.07) is -0.363. The quantitative estimate of drug-likeness (QED) is 0.208. The van der Waals surface area contributed by atoms with E-state index in [4.69, 9.17) is 5.73 Å². The van der Waals surface area contributed by atoms with E-state index in [-0.39, 0.29) is 36.6 Å². The number of hydrogen-bond donors (Lipinski definition) is 5. The van der Waals surface area contributed by atoms with E-state index in [1.165, 1.54) is 19.0 Å². The number of fused-ring (bicyclic) bond motifs is 3. The first-order chi connectivity index (χ1) is 18.6. The number of halogens is 1. The number of aliphatic hydroxyl groups is 1. The molecule has 13 heteroatoms. The monoisotopic (exact) mass is 560 g/mol. The Hall–Kier alpha value is -3.55. The fourth-order valence-electron chi connectivity index (χ4n) is 6.39. The lowest BCUT2D eigenvalue weighted by molar-refractivity contribution is -0.181. The second kappa shape index (κ2) is 10.5. The minimum absolute atomic E-state index is 0.142. The number of aromatic hydroxyl groups is 1. The van der Waals surface area contributed by atoms with Crippen LogP contribution < -0.4 is 16.4 Å². The van der Waals surface area contributed by atoms with Crippen LogP contribution in [0.15, 0.2) is 6.07 Å². The first-order valence-corrected chi connectivity index (χ1v) is 13.0. The molecule has 40 heavy (non-hydrogen) atoms. The second-order valence-electron chi connectivity index (χ2n) is 11.5. The van der Waals surface area contributed by atoms with Crippen molar-refractivity contribution >= 4 is 40.6 Å². The summed E-state index contributed by atoms with van der Waals surface area (Å²) >= 11 is 0. The van der Waals surface area contributed by atoms with Gasteiger partial charge in [0.25, 0.3) is 0 Å². The fraction of sp³-hybridized carbons (Fsp3) is 0.556. The number of nitrogens with one attached hydrogen (secondary N) is 2. The van der Waals surface area contributed by atoms with Crippen molar-refractivity contribution in [2.24, 2.45) is 35.3 Å². The summed E-state index contributed by atoms with van der Waals surface area (Å²) in [5.74, 6) is -13.8. The highest BCUT2D eigenvalue weighted by atomic mass is 19.1. The third-order valence-corrected chi connectivity index (χ3v) is 8.12. The number of rotatable bonds is 7. The molecule has 0 saturated heterocycles. The smallest absolute Gasteiger partial charge is 0.238 e. The van der Waals surface area contributed by atoms with Crippen molar-refractivity contribution in [3.05, 3.63) is 23.0 Å². The van der Waals surface area contributed by atoms with Gasteiger partial charge in [-0.15, -0.1) is 0 Å². The van der Waals surface area contributed by atoms with Crippen molar-refractivity contribution in [3.8, 4) is 5.75 Å². The normalized spacial score (nSPS) is 29.8. The topological polar surface area (TPSA) is 196 Å². The van der Waals surface area contributed by atoms with Gasteiger partial charge in [0.2, 0.25) is 11.8 Å². The van der Waals surface area contributed by atoms with Crippen molar-refractivity contribution < 1.29 is 43.4 Å². The molecule has 0 heterocycles. The maximum absolute atomic E-state index is 15.3. The van der Waals surface area contributed by atoms with Gasteiger partial charge in [-0.25, -0.2) is 4.39 Å². The van der Waals surface area contributed by atoms with E-state index in [0.717, 1.165) is 6.07 Å². The van der Waals surface area contributed by atoms with Gasteiger partial charge in [0, 0.05) is 17.5 Å². The van der Waals surface area contributed by atoms with Gasteiger partial charge < -0.3 is 26.6 Å². The maximum atomic E-state index is 15.3. The number of phenolic OH excluding ortho intramolecular Hbond substituents is 1. The van der Waals surface area contributed by atoms with Crippen LogP contribution in [0.2, 0.25) is 0 Å². The molecule has 3 aliphatic rings. The number of primary amides is 1. The SMILES string of the molecule is CC(C)CNCC(=O)Nc1cc(F)c2c(c1O)C(=O)C1C(=O)[C@]3(O)C(=O)C(C(N)=O)C(=O)[C@@H](N(C)C)[C@@H]3C[C@@H]1C2. The average molecular weight is 561 g/mol. The molecule has 3 aliphatic carbocycles. The van der Waals surface area contributed by atoms with Crippen molar-refractivity contribution in [2.45, 2.75) is 38.3 Å². The molecule has 2 saturated carbocycles. The average Bonchev–Trinajstić information content (AvgIpc) is 2.83. The Kier molecular flexibility index (Phi) is 7.69. The first kappa shape index (κ1) is 29.4. The van der Waals surface area contributed by atoms with E-state index >= 15 is 4.39 Å². The van der Waals surface area contributed by atoms with Crippen LogP contribution in [0.3, 0.4) is 0 Å². The maximum Gasteiger partial charge on any atom is 0.238 e. The summed E-state index contributed by atoms with van der Waals surface area (Å²) in [7, 11) is 2.95. The van der Waals surface area contributed by atoms with Crippen LogP contribution in [0.4, 0.5) is 10.1 Å². The van der Waals surface area contributed by atoms with Crippen LogP contribution in [0, 0.1) is 35.4 Å². The van der Waals surface area contributed by atoms with Crippen molar-refractivity contribution in [3.63, 3.8) is 0 Å². The predicted octanol–water partition coefficient (Wildman–Crippen LogP) is -0.810. The Morgan fingerprint density at radius 3 is 2.42 bits per heavy atom. The third-order valence-electron chi connectivity index (χ3n) is 8.12. The van der Waals surface area contributed by atoms with Gasteiger partial charge in [0.15, 0.2) is 34.7 Å². The van der Waals surface area contributed by atoms with Gasteiger partial charge in [0.05, 0.1) is 29.8 Å². The predicted molar refractivity (Wildman–Crippen MR) is 138 cm³/mol. The second-order valence-corrected chi connectivity index (χ2v) is 11.5. The molecular formula is C27H33FN4O8. The summed E-state index contributed by atoms with van der Waals surface area (Å²) in [6.07, 6.45) is -0.403. The van der Waals surface area contributed by atoms with Crippen LogP contribution in [0.1, 0.15) is 36.2 Å². The molecule has 1 aromatic carbocycles. The van der Waals surface area contributed by atoms with E-state index in [1.807, 2.05) is 13.8 Å². The Bertz CT molecular complexity index is 1330. The van der Waals surface area contributed by atoms with Gasteiger partial charge in [-0.05, 0) is 45.3 Å². The third kappa shape index (κ3) is 4.51. The van der Waals surface area contributed by atoms with Crippen molar-refractivity contribution in [1.29, 1.82) is 0 Å². The standard InChI is InChI=1S/C27H33FN4O8/c1-10(2)8-30-9-16(33)31-15-7-14(28)12-5-11-6-13-20(32(3)4)23(36)19(26(29)39)25(38)27(13,40)24(37)17(11)22(35)18(12)21(15)34/h7,10-11,13,17,19-20,30,34,40H,5-6,8-9H2,1-4H3,(H2,29,39)(H,31,33)/t11-,13-,17?,19?,20-,27-/m0/s1. The Balaban J connectivity index is 1.73. The molecule has 2 amide bonds. The lowest BCUT2D eigenvalue weighted by Gasteiger charge is -2.52. The van der Waals surface area contributed by atoms with Gasteiger partial charge in [-0.3, -0.25) is 33.7 Å². The number of phenols is 1. The minimum Gasteiger partial charge on any atom is -0.505 e.